The number of halogens is 1. The van der Waals surface area contributed by atoms with Crippen molar-refractivity contribution in [2.75, 3.05) is 6.54 Å². The molecule has 4 heterocycles. The van der Waals surface area contributed by atoms with E-state index in [1.807, 2.05) is 36.5 Å². The lowest BCUT2D eigenvalue weighted by molar-refractivity contribution is 0.489. The maximum Gasteiger partial charge on any atom is 0.161 e. The summed E-state index contributed by atoms with van der Waals surface area (Å²) in [6, 6.07) is 9.64. The molecule has 0 spiro atoms. The minimum atomic E-state index is -0.436. The van der Waals surface area contributed by atoms with Crippen molar-refractivity contribution in [2.24, 2.45) is 5.92 Å². The number of hydrogen-bond acceptors (Lipinski definition) is 5. The maximum absolute atomic E-state index is 15.8. The highest BCUT2D eigenvalue weighted by atomic mass is 19.1. The molecule has 8 heteroatoms. The lowest BCUT2D eigenvalue weighted by atomic mass is 10.1. The number of hydrogen-bond donors (Lipinski definition) is 3. The number of aromatic amines is 2. The van der Waals surface area contributed by atoms with Crippen LogP contribution in [0.5, 0.6) is 0 Å². The number of para-hydroxylation sites is 2. The highest BCUT2D eigenvalue weighted by Crippen LogP contribution is 2.32. The third-order valence-electron chi connectivity index (χ3n) is 6.46. The molecule has 7 nitrogen and oxygen atoms in total. The van der Waals surface area contributed by atoms with Crippen molar-refractivity contribution in [3.63, 3.8) is 0 Å². The number of benzene rings is 1. The van der Waals surface area contributed by atoms with Crippen LogP contribution < -0.4 is 5.32 Å². The molecule has 1 saturated carbocycles. The Morgan fingerprint density at radius 1 is 1.03 bits per heavy atom. The molecule has 0 unspecified atom stereocenters. The molecule has 0 amide bonds. The van der Waals surface area contributed by atoms with E-state index in [4.69, 9.17) is 0 Å². The monoisotopic (exact) mass is 441 g/mol. The van der Waals surface area contributed by atoms with Crippen LogP contribution in [-0.4, -0.2) is 36.7 Å². The highest BCUT2D eigenvalue weighted by Gasteiger charge is 2.20. The van der Waals surface area contributed by atoms with Crippen LogP contribution in [0.4, 0.5) is 4.39 Å². The van der Waals surface area contributed by atoms with Crippen molar-refractivity contribution in [1.82, 2.24) is 35.5 Å². The van der Waals surface area contributed by atoms with Gasteiger partial charge in [0.25, 0.3) is 0 Å². The van der Waals surface area contributed by atoms with Gasteiger partial charge in [-0.15, -0.1) is 0 Å². The van der Waals surface area contributed by atoms with Crippen molar-refractivity contribution < 1.29 is 4.39 Å². The summed E-state index contributed by atoms with van der Waals surface area (Å²) >= 11 is 0. The minimum absolute atomic E-state index is 0.256. The van der Waals surface area contributed by atoms with Gasteiger partial charge in [-0.05, 0) is 49.1 Å². The molecule has 0 saturated heterocycles. The van der Waals surface area contributed by atoms with Crippen LogP contribution >= 0.6 is 0 Å². The molecule has 0 atom stereocenters. The zero-order valence-electron chi connectivity index (χ0n) is 18.1. The average Bonchev–Trinajstić information content (AvgIpc) is 3.59. The first-order valence-electron chi connectivity index (χ1n) is 11.4. The van der Waals surface area contributed by atoms with Crippen LogP contribution in [0, 0.1) is 11.7 Å². The van der Waals surface area contributed by atoms with Gasteiger partial charge in [-0.1, -0.05) is 25.0 Å². The summed E-state index contributed by atoms with van der Waals surface area (Å²) < 4.78 is 15.8. The number of aromatic nitrogens is 6. The summed E-state index contributed by atoms with van der Waals surface area (Å²) in [6.07, 6.45) is 10.4. The van der Waals surface area contributed by atoms with E-state index >= 15 is 4.39 Å². The Bertz CT molecular complexity index is 1400. The third kappa shape index (κ3) is 3.76. The van der Waals surface area contributed by atoms with Gasteiger partial charge in [-0.2, -0.15) is 5.10 Å². The second kappa shape index (κ2) is 8.37. The van der Waals surface area contributed by atoms with E-state index in [0.29, 0.717) is 34.5 Å². The quantitative estimate of drug-likeness (QED) is 0.345. The van der Waals surface area contributed by atoms with Crippen LogP contribution in [-0.2, 0) is 6.54 Å². The van der Waals surface area contributed by atoms with Crippen LogP contribution in [0.25, 0.3) is 44.7 Å². The van der Waals surface area contributed by atoms with Gasteiger partial charge in [0.15, 0.2) is 11.6 Å². The predicted molar refractivity (Wildman–Crippen MR) is 126 cm³/mol. The van der Waals surface area contributed by atoms with Crippen molar-refractivity contribution >= 4 is 21.9 Å². The third-order valence-corrected chi connectivity index (χ3v) is 6.46. The fourth-order valence-electron chi connectivity index (χ4n) is 4.76. The Hall–Kier alpha value is -3.65. The zero-order valence-corrected chi connectivity index (χ0v) is 18.1. The average molecular weight is 442 g/mol. The largest absolute Gasteiger partial charge is 0.337 e. The smallest absolute Gasteiger partial charge is 0.161 e. The molecule has 4 aromatic heterocycles. The van der Waals surface area contributed by atoms with Gasteiger partial charge in [0, 0.05) is 24.5 Å². The van der Waals surface area contributed by atoms with Gasteiger partial charge in [0.2, 0.25) is 0 Å². The molecule has 5 aromatic rings. The second-order valence-electron chi connectivity index (χ2n) is 8.75. The van der Waals surface area contributed by atoms with Crippen molar-refractivity contribution in [2.45, 2.75) is 32.2 Å². The number of imidazole rings is 1. The summed E-state index contributed by atoms with van der Waals surface area (Å²) in [4.78, 5) is 16.5. The normalized spacial score (nSPS) is 14.6. The van der Waals surface area contributed by atoms with E-state index in [1.165, 1.54) is 25.7 Å². The number of fused-ring (bicyclic) bond motifs is 2. The lowest BCUT2D eigenvalue weighted by Crippen LogP contribution is -2.20. The molecular formula is C25H24FN7. The first kappa shape index (κ1) is 20.0. The fraction of sp³-hybridized carbons (Fsp3) is 0.280. The van der Waals surface area contributed by atoms with Gasteiger partial charge in [0.1, 0.15) is 11.4 Å². The van der Waals surface area contributed by atoms with Gasteiger partial charge in [-0.25, -0.2) is 9.37 Å². The Kier molecular flexibility index (Phi) is 5.07. The maximum atomic E-state index is 15.8. The molecule has 166 valence electrons. The standard InChI is InChI=1S/C25H24FN7/c26-22-21-20(32-33-24(21)25-30-18-7-3-4-8-19(18)31-25)14-29-23(22)17-9-16(12-28-13-17)11-27-10-15-5-1-2-6-15/h3-4,7-9,12-15,27H,1-2,5-6,10-11H2,(H,30,31)(H,32,33). The first-order valence-corrected chi connectivity index (χ1v) is 11.4. The molecule has 1 aromatic carbocycles. The van der Waals surface area contributed by atoms with E-state index in [1.54, 1.807) is 12.4 Å². The van der Waals surface area contributed by atoms with Gasteiger partial charge >= 0.3 is 0 Å². The summed E-state index contributed by atoms with van der Waals surface area (Å²) in [5, 5.41) is 11.1. The van der Waals surface area contributed by atoms with E-state index in [0.717, 1.165) is 29.1 Å². The molecule has 1 fully saturated rings. The predicted octanol–water partition coefficient (Wildman–Crippen LogP) is 4.98. The molecule has 1 aliphatic carbocycles. The van der Waals surface area contributed by atoms with Crippen LogP contribution in [0.15, 0.2) is 48.9 Å². The Morgan fingerprint density at radius 3 is 2.79 bits per heavy atom. The van der Waals surface area contributed by atoms with Crippen molar-refractivity contribution in [3.8, 4) is 22.8 Å². The lowest BCUT2D eigenvalue weighted by Gasteiger charge is -2.11. The van der Waals surface area contributed by atoms with Gasteiger partial charge < -0.3 is 10.3 Å². The molecule has 3 N–H and O–H groups in total. The summed E-state index contributed by atoms with van der Waals surface area (Å²) in [6.45, 7) is 1.72. The molecular weight excluding hydrogens is 417 g/mol. The van der Waals surface area contributed by atoms with E-state index in [9.17, 15) is 0 Å². The summed E-state index contributed by atoms with van der Waals surface area (Å²) in [5.74, 6) is 0.844. The van der Waals surface area contributed by atoms with Crippen LogP contribution in [0.3, 0.4) is 0 Å². The molecule has 0 aliphatic heterocycles. The van der Waals surface area contributed by atoms with Crippen molar-refractivity contribution in [1.29, 1.82) is 0 Å². The SMILES string of the molecule is Fc1c(-c2cncc(CNCC3CCCC3)c2)ncc2[nH]nc(-c3nc4ccccc4[nH]3)c12. The van der Waals surface area contributed by atoms with Gasteiger partial charge in [-0.3, -0.25) is 15.1 Å². The number of nitrogens with one attached hydrogen (secondary N) is 3. The Labute approximate surface area is 189 Å². The van der Waals surface area contributed by atoms with Crippen LogP contribution in [0.2, 0.25) is 0 Å². The van der Waals surface area contributed by atoms with E-state index < -0.39 is 5.82 Å². The Balaban J connectivity index is 1.32. The number of H-pyrrole nitrogens is 2. The van der Waals surface area contributed by atoms with E-state index in [2.05, 4.69) is 35.5 Å². The molecule has 0 radical (unpaired) electrons. The minimum Gasteiger partial charge on any atom is -0.337 e. The second-order valence-corrected chi connectivity index (χ2v) is 8.75. The number of pyridine rings is 2. The summed E-state index contributed by atoms with van der Waals surface area (Å²) in [5.41, 5.74) is 4.55. The molecule has 1 aliphatic rings. The summed E-state index contributed by atoms with van der Waals surface area (Å²) in [7, 11) is 0. The highest BCUT2D eigenvalue weighted by molar-refractivity contribution is 5.95. The molecule has 33 heavy (non-hydrogen) atoms. The molecule has 0 bridgehead atoms. The first-order chi connectivity index (χ1) is 16.3. The van der Waals surface area contributed by atoms with Crippen molar-refractivity contribution in [3.05, 3.63) is 60.3 Å². The van der Waals surface area contributed by atoms with Crippen LogP contribution in [0.1, 0.15) is 31.2 Å². The fourth-order valence-corrected chi connectivity index (χ4v) is 4.76. The number of nitrogens with zero attached hydrogens (tertiary/aromatic N) is 4. The zero-order chi connectivity index (χ0) is 22.2. The number of rotatable bonds is 6. The van der Waals surface area contributed by atoms with E-state index in [-0.39, 0.29) is 5.69 Å². The Morgan fingerprint density at radius 2 is 1.91 bits per heavy atom. The van der Waals surface area contributed by atoms with Gasteiger partial charge in [0.05, 0.1) is 28.1 Å². The molecule has 6 rings (SSSR count). The topological polar surface area (TPSA) is 95.2 Å².